The number of carboxylic acid groups (broad SMARTS) is 1. The number of carboxylic acids is 1. The third kappa shape index (κ3) is 8.67. The largest absolute Gasteiger partial charge is 0.497 e. The lowest BCUT2D eigenvalue weighted by atomic mass is 10.1. The van der Waals surface area contributed by atoms with Crippen LogP contribution in [-0.2, 0) is 11.3 Å². The molecule has 0 saturated carbocycles. The van der Waals surface area contributed by atoms with Gasteiger partial charge in [0.1, 0.15) is 11.5 Å². The van der Waals surface area contributed by atoms with Crippen LogP contribution in [0.2, 0.25) is 0 Å². The van der Waals surface area contributed by atoms with E-state index in [1.54, 1.807) is 24.1 Å². The number of aliphatic carboxylic acids is 1. The molecular formula is C26H36N2O5. The summed E-state index contributed by atoms with van der Waals surface area (Å²) < 4.78 is 10.7. The van der Waals surface area contributed by atoms with Crippen LogP contribution in [0.4, 0.5) is 10.5 Å². The predicted molar refractivity (Wildman–Crippen MR) is 130 cm³/mol. The Hall–Kier alpha value is -3.22. The maximum atomic E-state index is 13.0. The van der Waals surface area contributed by atoms with Gasteiger partial charge in [-0.25, -0.2) is 9.59 Å². The standard InChI is InChI=1S/C26H36N2O5/c1-5-6-7-8-9-18-28(25(31)27-21-12-16-22(32-4)17-13-21)19-20-10-14-23(15-11-20)33-26(2,3)24(29)30/h10-17H,5-9,18-19H2,1-4H3,(H,27,31)(H,29,30). The third-order valence-electron chi connectivity index (χ3n) is 5.34. The van der Waals surface area contributed by atoms with Crippen LogP contribution in [0, 0.1) is 0 Å². The molecule has 0 fully saturated rings. The summed E-state index contributed by atoms with van der Waals surface area (Å²) in [6, 6.07) is 14.3. The highest BCUT2D eigenvalue weighted by molar-refractivity contribution is 5.89. The molecule has 7 nitrogen and oxygen atoms in total. The zero-order valence-corrected chi connectivity index (χ0v) is 20.1. The third-order valence-corrected chi connectivity index (χ3v) is 5.34. The highest BCUT2D eigenvalue weighted by atomic mass is 16.5. The smallest absolute Gasteiger partial charge is 0.347 e. The van der Waals surface area contributed by atoms with Gasteiger partial charge in [-0.15, -0.1) is 0 Å². The SMILES string of the molecule is CCCCCCCN(Cc1ccc(OC(C)(C)C(=O)O)cc1)C(=O)Nc1ccc(OC)cc1. The number of benzene rings is 2. The van der Waals surface area contributed by atoms with E-state index in [9.17, 15) is 14.7 Å². The van der Waals surface area contributed by atoms with E-state index in [1.807, 2.05) is 36.4 Å². The molecule has 2 rings (SSSR count). The summed E-state index contributed by atoms with van der Waals surface area (Å²) in [6.45, 7) is 6.29. The van der Waals surface area contributed by atoms with E-state index in [1.165, 1.54) is 26.7 Å². The van der Waals surface area contributed by atoms with Crippen molar-refractivity contribution in [3.63, 3.8) is 0 Å². The first-order valence-electron chi connectivity index (χ1n) is 11.5. The van der Waals surface area contributed by atoms with Gasteiger partial charge in [-0.05, 0) is 62.2 Å². The molecule has 33 heavy (non-hydrogen) atoms. The lowest BCUT2D eigenvalue weighted by molar-refractivity contribution is -0.152. The Morgan fingerprint density at radius 1 is 0.939 bits per heavy atom. The average Bonchev–Trinajstić information content (AvgIpc) is 2.79. The van der Waals surface area contributed by atoms with E-state index in [0.717, 1.165) is 30.6 Å². The first-order chi connectivity index (χ1) is 15.7. The molecule has 0 aliphatic rings. The van der Waals surface area contributed by atoms with E-state index >= 15 is 0 Å². The minimum absolute atomic E-state index is 0.164. The molecule has 0 aliphatic heterocycles. The number of rotatable bonds is 13. The zero-order valence-electron chi connectivity index (χ0n) is 20.1. The van der Waals surface area contributed by atoms with Gasteiger partial charge in [0.25, 0.3) is 0 Å². The van der Waals surface area contributed by atoms with Gasteiger partial charge >= 0.3 is 12.0 Å². The van der Waals surface area contributed by atoms with Crippen LogP contribution in [0.5, 0.6) is 11.5 Å². The van der Waals surface area contributed by atoms with Crippen LogP contribution in [0.25, 0.3) is 0 Å². The number of carbonyl (C=O) groups is 2. The minimum atomic E-state index is -1.32. The number of ether oxygens (including phenoxy) is 2. The summed E-state index contributed by atoms with van der Waals surface area (Å²) in [7, 11) is 1.60. The van der Waals surface area contributed by atoms with E-state index in [4.69, 9.17) is 9.47 Å². The number of nitrogens with one attached hydrogen (secondary N) is 1. The molecule has 7 heteroatoms. The van der Waals surface area contributed by atoms with Gasteiger partial charge in [0.15, 0.2) is 5.60 Å². The fraction of sp³-hybridized carbons (Fsp3) is 0.462. The Morgan fingerprint density at radius 3 is 2.12 bits per heavy atom. The summed E-state index contributed by atoms with van der Waals surface area (Å²) in [5.74, 6) is 0.171. The topological polar surface area (TPSA) is 88.1 Å². The number of methoxy groups -OCH3 is 1. The first-order valence-corrected chi connectivity index (χ1v) is 11.5. The van der Waals surface area contributed by atoms with Crippen molar-refractivity contribution in [1.82, 2.24) is 4.90 Å². The molecule has 2 N–H and O–H groups in total. The molecule has 0 heterocycles. The van der Waals surface area contributed by atoms with Crippen molar-refractivity contribution in [3.8, 4) is 11.5 Å². The average molecular weight is 457 g/mol. The molecule has 0 atom stereocenters. The van der Waals surface area contributed by atoms with Gasteiger partial charge in [0.05, 0.1) is 7.11 Å². The quantitative estimate of drug-likeness (QED) is 0.364. The molecule has 0 bridgehead atoms. The normalized spacial score (nSPS) is 11.0. The van der Waals surface area contributed by atoms with E-state index < -0.39 is 11.6 Å². The number of unbranched alkanes of at least 4 members (excludes halogenated alkanes) is 4. The fourth-order valence-corrected chi connectivity index (χ4v) is 3.26. The number of anilines is 1. The number of nitrogens with zero attached hydrogens (tertiary/aromatic N) is 1. The van der Waals surface area contributed by atoms with Gasteiger partial charge in [0, 0.05) is 18.8 Å². The Kier molecular flexibility index (Phi) is 10.0. The number of carbonyl (C=O) groups excluding carboxylic acids is 1. The molecule has 2 aromatic rings. The minimum Gasteiger partial charge on any atom is -0.497 e. The Balaban J connectivity index is 2.05. The summed E-state index contributed by atoms with van der Waals surface area (Å²) in [6.07, 6.45) is 5.55. The number of hydrogen-bond acceptors (Lipinski definition) is 4. The molecule has 0 radical (unpaired) electrons. The van der Waals surface area contributed by atoms with Crippen LogP contribution in [-0.4, -0.2) is 41.3 Å². The van der Waals surface area contributed by atoms with Gasteiger partial charge in [0.2, 0.25) is 0 Å². The second-order valence-corrected chi connectivity index (χ2v) is 8.56. The number of amides is 2. The summed E-state index contributed by atoms with van der Waals surface area (Å²) in [5, 5.41) is 12.2. The van der Waals surface area contributed by atoms with Crippen molar-refractivity contribution < 1.29 is 24.2 Å². The Bertz CT molecular complexity index is 879. The van der Waals surface area contributed by atoms with Crippen LogP contribution in [0.1, 0.15) is 58.4 Å². The van der Waals surface area contributed by atoms with E-state index in [0.29, 0.717) is 24.5 Å². The Labute approximate surface area is 196 Å². The lowest BCUT2D eigenvalue weighted by Crippen LogP contribution is -2.37. The van der Waals surface area contributed by atoms with Crippen LogP contribution < -0.4 is 14.8 Å². The fourth-order valence-electron chi connectivity index (χ4n) is 3.26. The van der Waals surface area contributed by atoms with Gasteiger partial charge < -0.3 is 24.8 Å². The van der Waals surface area contributed by atoms with Crippen molar-refractivity contribution in [1.29, 1.82) is 0 Å². The monoisotopic (exact) mass is 456 g/mol. The highest BCUT2D eigenvalue weighted by Gasteiger charge is 2.29. The van der Waals surface area contributed by atoms with Crippen molar-refractivity contribution in [2.75, 3.05) is 19.0 Å². The van der Waals surface area contributed by atoms with Crippen LogP contribution in [0.15, 0.2) is 48.5 Å². The second-order valence-electron chi connectivity index (χ2n) is 8.56. The molecular weight excluding hydrogens is 420 g/mol. The maximum absolute atomic E-state index is 13.0. The van der Waals surface area contributed by atoms with Crippen LogP contribution >= 0.6 is 0 Å². The second kappa shape index (κ2) is 12.7. The van der Waals surface area contributed by atoms with Crippen molar-refractivity contribution in [3.05, 3.63) is 54.1 Å². The molecule has 0 aromatic heterocycles. The van der Waals surface area contributed by atoms with Gasteiger partial charge in [-0.1, -0.05) is 44.7 Å². The molecule has 0 spiro atoms. The Morgan fingerprint density at radius 2 is 1.55 bits per heavy atom. The number of urea groups is 1. The molecule has 2 aromatic carbocycles. The maximum Gasteiger partial charge on any atom is 0.347 e. The molecule has 0 saturated heterocycles. The van der Waals surface area contributed by atoms with E-state index in [-0.39, 0.29) is 6.03 Å². The molecule has 180 valence electrons. The summed E-state index contributed by atoms with van der Waals surface area (Å²) in [4.78, 5) is 26.1. The van der Waals surface area contributed by atoms with E-state index in [2.05, 4.69) is 12.2 Å². The molecule has 2 amide bonds. The first kappa shape index (κ1) is 26.0. The van der Waals surface area contributed by atoms with Crippen LogP contribution in [0.3, 0.4) is 0 Å². The highest BCUT2D eigenvalue weighted by Crippen LogP contribution is 2.21. The summed E-state index contributed by atoms with van der Waals surface area (Å²) in [5.41, 5.74) is 0.329. The summed E-state index contributed by atoms with van der Waals surface area (Å²) >= 11 is 0. The number of hydrogen-bond donors (Lipinski definition) is 2. The molecule has 0 unspecified atom stereocenters. The van der Waals surface area contributed by atoms with Crippen molar-refractivity contribution in [2.24, 2.45) is 0 Å². The predicted octanol–water partition coefficient (Wildman–Crippen LogP) is 5.94. The van der Waals surface area contributed by atoms with Gasteiger partial charge in [-0.2, -0.15) is 0 Å². The van der Waals surface area contributed by atoms with Gasteiger partial charge in [-0.3, -0.25) is 0 Å². The molecule has 0 aliphatic carbocycles. The lowest BCUT2D eigenvalue weighted by Gasteiger charge is -2.24. The van der Waals surface area contributed by atoms with Crippen molar-refractivity contribution in [2.45, 2.75) is 65.0 Å². The van der Waals surface area contributed by atoms with Crippen molar-refractivity contribution >= 4 is 17.7 Å². The zero-order chi connectivity index (χ0) is 24.3.